The molecule has 0 bridgehead atoms. The van der Waals surface area contributed by atoms with Crippen LogP contribution in [0.25, 0.3) is 0 Å². The van der Waals surface area contributed by atoms with Gasteiger partial charge in [0, 0.05) is 6.54 Å². The second-order valence-electron chi connectivity index (χ2n) is 3.81. The summed E-state index contributed by atoms with van der Waals surface area (Å²) in [7, 11) is -3.39. The minimum Gasteiger partial charge on any atom is -0.330 e. The van der Waals surface area contributed by atoms with E-state index in [1.54, 1.807) is 19.1 Å². The molecule has 1 aromatic rings. The van der Waals surface area contributed by atoms with E-state index >= 15 is 0 Å². The lowest BCUT2D eigenvalue weighted by molar-refractivity contribution is 0.579. The van der Waals surface area contributed by atoms with Crippen LogP contribution in [0.4, 0.5) is 0 Å². The van der Waals surface area contributed by atoms with Crippen LogP contribution in [0.2, 0.25) is 0 Å². The number of hydrogen-bond donors (Lipinski definition) is 2. The molecule has 16 heavy (non-hydrogen) atoms. The Balaban J connectivity index is 2.90. The van der Waals surface area contributed by atoms with Crippen LogP contribution >= 0.6 is 0 Å². The minimum absolute atomic E-state index is 0.343. The zero-order valence-corrected chi connectivity index (χ0v) is 10.5. The van der Waals surface area contributed by atoms with Crippen LogP contribution in [-0.2, 0) is 10.0 Å². The summed E-state index contributed by atoms with van der Waals surface area (Å²) in [6.45, 7) is 4.59. The van der Waals surface area contributed by atoms with Gasteiger partial charge in [-0.2, -0.15) is 0 Å². The van der Waals surface area contributed by atoms with E-state index in [4.69, 9.17) is 5.73 Å². The first-order valence-corrected chi connectivity index (χ1v) is 6.72. The van der Waals surface area contributed by atoms with E-state index in [2.05, 4.69) is 4.72 Å². The van der Waals surface area contributed by atoms with E-state index in [1.807, 2.05) is 13.0 Å². The van der Waals surface area contributed by atoms with Gasteiger partial charge < -0.3 is 5.73 Å². The van der Waals surface area contributed by atoms with Gasteiger partial charge in [-0.15, -0.1) is 0 Å². The molecule has 1 aromatic carbocycles. The molecule has 3 N–H and O–H groups in total. The van der Waals surface area contributed by atoms with Gasteiger partial charge in [0.05, 0.1) is 4.90 Å². The second kappa shape index (κ2) is 5.43. The maximum absolute atomic E-state index is 11.9. The maximum atomic E-state index is 11.9. The smallest absolute Gasteiger partial charge is 0.240 e. The summed E-state index contributed by atoms with van der Waals surface area (Å²) in [5.74, 6) is 0. The van der Waals surface area contributed by atoms with E-state index in [0.717, 1.165) is 11.1 Å². The van der Waals surface area contributed by atoms with Crippen molar-refractivity contribution in [1.29, 1.82) is 0 Å². The normalized spacial score (nSPS) is 11.7. The summed E-state index contributed by atoms with van der Waals surface area (Å²) in [5.41, 5.74) is 7.13. The number of benzene rings is 1. The molecule has 0 saturated carbocycles. The Morgan fingerprint density at radius 2 is 2.00 bits per heavy atom. The third-order valence-electron chi connectivity index (χ3n) is 2.29. The number of nitrogens with two attached hydrogens (primary N) is 1. The molecule has 4 nitrogen and oxygen atoms in total. The summed E-state index contributed by atoms with van der Waals surface area (Å²) < 4.78 is 26.3. The van der Waals surface area contributed by atoms with Gasteiger partial charge in [0.2, 0.25) is 10.0 Å². The lowest BCUT2D eigenvalue weighted by Gasteiger charge is -2.09. The molecule has 0 unspecified atom stereocenters. The molecule has 1 rings (SSSR count). The molecule has 5 heteroatoms. The highest BCUT2D eigenvalue weighted by Crippen LogP contribution is 2.15. The lowest BCUT2D eigenvalue weighted by atomic mass is 10.2. The molecule has 0 aliphatic rings. The fraction of sp³-hybridized carbons (Fsp3) is 0.455. The Bertz CT molecular complexity index is 455. The van der Waals surface area contributed by atoms with E-state index in [-0.39, 0.29) is 0 Å². The topological polar surface area (TPSA) is 72.2 Å². The zero-order valence-electron chi connectivity index (χ0n) is 9.66. The van der Waals surface area contributed by atoms with Crippen LogP contribution in [-0.4, -0.2) is 21.5 Å². The van der Waals surface area contributed by atoms with Gasteiger partial charge in [-0.3, -0.25) is 0 Å². The molecular weight excluding hydrogens is 224 g/mol. The molecule has 0 aromatic heterocycles. The standard InChI is InChI=1S/C11H18N2O2S/c1-9-4-5-11(10(2)8-9)16(14,15)13-7-3-6-12/h4-5,8,13H,3,6-7,12H2,1-2H3. The predicted molar refractivity (Wildman–Crippen MR) is 64.8 cm³/mol. The van der Waals surface area contributed by atoms with Gasteiger partial charge in [0.15, 0.2) is 0 Å². The first-order chi connectivity index (χ1) is 7.47. The fourth-order valence-corrected chi connectivity index (χ4v) is 2.79. The van der Waals surface area contributed by atoms with Crippen molar-refractivity contribution in [3.8, 4) is 0 Å². The van der Waals surface area contributed by atoms with Crippen LogP contribution in [0.3, 0.4) is 0 Å². The summed E-state index contributed by atoms with van der Waals surface area (Å²) in [5, 5.41) is 0. The summed E-state index contributed by atoms with van der Waals surface area (Å²) in [4.78, 5) is 0.343. The molecule has 0 amide bonds. The predicted octanol–water partition coefficient (Wildman–Crippen LogP) is 0.931. The van der Waals surface area contributed by atoms with E-state index in [0.29, 0.717) is 24.4 Å². The molecule has 0 radical (unpaired) electrons. The van der Waals surface area contributed by atoms with Gasteiger partial charge in [-0.25, -0.2) is 13.1 Å². The maximum Gasteiger partial charge on any atom is 0.240 e. The average Bonchev–Trinajstić information content (AvgIpc) is 2.17. The van der Waals surface area contributed by atoms with E-state index in [1.165, 1.54) is 0 Å². The third-order valence-corrected chi connectivity index (χ3v) is 3.91. The monoisotopic (exact) mass is 242 g/mol. The Morgan fingerprint density at radius 3 is 2.56 bits per heavy atom. The largest absolute Gasteiger partial charge is 0.330 e. The Hall–Kier alpha value is -0.910. The summed E-state index contributed by atoms with van der Waals surface area (Å²) in [6, 6.07) is 5.29. The number of sulfonamides is 1. The van der Waals surface area contributed by atoms with Crippen molar-refractivity contribution >= 4 is 10.0 Å². The van der Waals surface area contributed by atoms with Crippen molar-refractivity contribution in [3.05, 3.63) is 29.3 Å². The highest BCUT2D eigenvalue weighted by molar-refractivity contribution is 7.89. The van der Waals surface area contributed by atoms with Crippen molar-refractivity contribution in [1.82, 2.24) is 4.72 Å². The Labute approximate surface area is 96.9 Å². The summed E-state index contributed by atoms with van der Waals surface area (Å²) >= 11 is 0. The quantitative estimate of drug-likeness (QED) is 0.754. The molecule has 0 atom stereocenters. The van der Waals surface area contributed by atoms with Crippen molar-refractivity contribution in [3.63, 3.8) is 0 Å². The minimum atomic E-state index is -3.39. The fourth-order valence-electron chi connectivity index (χ4n) is 1.49. The van der Waals surface area contributed by atoms with Gasteiger partial charge >= 0.3 is 0 Å². The van der Waals surface area contributed by atoms with Crippen LogP contribution in [0.1, 0.15) is 17.5 Å². The SMILES string of the molecule is Cc1ccc(S(=O)(=O)NCCCN)c(C)c1. The van der Waals surface area contributed by atoms with Crippen molar-refractivity contribution in [2.24, 2.45) is 5.73 Å². The molecule has 0 spiro atoms. The highest BCUT2D eigenvalue weighted by Gasteiger charge is 2.15. The third kappa shape index (κ3) is 3.30. The van der Waals surface area contributed by atoms with Gasteiger partial charge in [-0.1, -0.05) is 17.7 Å². The first-order valence-electron chi connectivity index (χ1n) is 5.24. The van der Waals surface area contributed by atoms with Crippen LogP contribution < -0.4 is 10.5 Å². The van der Waals surface area contributed by atoms with Gasteiger partial charge in [-0.05, 0) is 38.4 Å². The molecule has 90 valence electrons. The zero-order chi connectivity index (χ0) is 12.2. The molecule has 0 saturated heterocycles. The number of rotatable bonds is 5. The molecule has 0 heterocycles. The number of aryl methyl sites for hydroxylation is 2. The van der Waals surface area contributed by atoms with Crippen molar-refractivity contribution in [2.75, 3.05) is 13.1 Å². The van der Waals surface area contributed by atoms with Gasteiger partial charge in [0.1, 0.15) is 0 Å². The molecule has 0 fully saturated rings. The Morgan fingerprint density at radius 1 is 1.31 bits per heavy atom. The van der Waals surface area contributed by atoms with Crippen molar-refractivity contribution in [2.45, 2.75) is 25.2 Å². The molecule has 0 aliphatic carbocycles. The first kappa shape index (κ1) is 13.2. The molecular formula is C11H18N2O2S. The summed E-state index contributed by atoms with van der Waals surface area (Å²) in [6.07, 6.45) is 0.643. The van der Waals surface area contributed by atoms with Gasteiger partial charge in [0.25, 0.3) is 0 Å². The molecule has 0 aliphatic heterocycles. The van der Waals surface area contributed by atoms with Crippen LogP contribution in [0.5, 0.6) is 0 Å². The number of hydrogen-bond acceptors (Lipinski definition) is 3. The second-order valence-corrected chi connectivity index (χ2v) is 5.54. The van der Waals surface area contributed by atoms with Crippen LogP contribution in [0, 0.1) is 13.8 Å². The van der Waals surface area contributed by atoms with E-state index < -0.39 is 10.0 Å². The highest BCUT2D eigenvalue weighted by atomic mass is 32.2. The lowest BCUT2D eigenvalue weighted by Crippen LogP contribution is -2.26. The average molecular weight is 242 g/mol. The number of nitrogens with one attached hydrogen (secondary N) is 1. The van der Waals surface area contributed by atoms with Crippen molar-refractivity contribution < 1.29 is 8.42 Å². The van der Waals surface area contributed by atoms with Crippen LogP contribution in [0.15, 0.2) is 23.1 Å². The Kier molecular flexibility index (Phi) is 4.46. The van der Waals surface area contributed by atoms with E-state index in [9.17, 15) is 8.42 Å².